The fourth-order valence-corrected chi connectivity index (χ4v) is 2.49. The van der Waals surface area contributed by atoms with Crippen LogP contribution >= 0.6 is 0 Å². The van der Waals surface area contributed by atoms with E-state index < -0.39 is 5.97 Å². The molecule has 0 saturated carbocycles. The van der Waals surface area contributed by atoms with Gasteiger partial charge in [-0.15, -0.1) is 0 Å². The first-order valence-corrected chi connectivity index (χ1v) is 7.33. The highest BCUT2D eigenvalue weighted by molar-refractivity contribution is 5.88. The molecule has 0 saturated heterocycles. The number of hydrogen-bond donors (Lipinski definition) is 2. The van der Waals surface area contributed by atoms with E-state index in [-0.39, 0.29) is 11.5 Å². The minimum atomic E-state index is -0.928. The summed E-state index contributed by atoms with van der Waals surface area (Å²) >= 11 is 0. The van der Waals surface area contributed by atoms with Gasteiger partial charge >= 0.3 is 5.97 Å². The maximum absolute atomic E-state index is 12.2. The van der Waals surface area contributed by atoms with Gasteiger partial charge in [-0.1, -0.05) is 19.9 Å². The molecule has 1 aliphatic rings. The fourth-order valence-electron chi connectivity index (χ4n) is 2.49. The SMILES string of the molecule is CC(C)NCCCC(=O)N1Cc2ccc(C(=O)O)cc2C1. The summed E-state index contributed by atoms with van der Waals surface area (Å²) in [6.07, 6.45) is 1.35. The zero-order valence-corrected chi connectivity index (χ0v) is 12.6. The number of nitrogens with one attached hydrogen (secondary N) is 1. The second kappa shape index (κ2) is 6.72. The van der Waals surface area contributed by atoms with E-state index in [1.807, 2.05) is 6.07 Å². The standard InChI is InChI=1S/C16H22N2O3/c1-11(2)17-7-3-4-15(19)18-9-13-6-5-12(16(20)21)8-14(13)10-18/h5-6,8,11,17H,3-4,7,9-10H2,1-2H3,(H,20,21). The van der Waals surface area contributed by atoms with Gasteiger partial charge in [0.05, 0.1) is 5.56 Å². The van der Waals surface area contributed by atoms with Crippen molar-refractivity contribution in [3.63, 3.8) is 0 Å². The van der Waals surface area contributed by atoms with Gasteiger partial charge in [0.15, 0.2) is 0 Å². The van der Waals surface area contributed by atoms with Crippen molar-refractivity contribution in [2.75, 3.05) is 6.54 Å². The fraction of sp³-hybridized carbons (Fsp3) is 0.500. The number of carboxylic acids is 1. The van der Waals surface area contributed by atoms with E-state index in [4.69, 9.17) is 5.11 Å². The molecule has 1 aromatic rings. The molecule has 5 heteroatoms. The lowest BCUT2D eigenvalue weighted by Crippen LogP contribution is -2.28. The topological polar surface area (TPSA) is 69.6 Å². The third-order valence-corrected chi connectivity index (χ3v) is 3.65. The highest BCUT2D eigenvalue weighted by Gasteiger charge is 2.23. The largest absolute Gasteiger partial charge is 0.478 e. The summed E-state index contributed by atoms with van der Waals surface area (Å²) < 4.78 is 0. The van der Waals surface area contributed by atoms with Crippen LogP contribution in [0.3, 0.4) is 0 Å². The van der Waals surface area contributed by atoms with Crippen molar-refractivity contribution in [2.45, 2.75) is 45.8 Å². The molecule has 0 fully saturated rings. The van der Waals surface area contributed by atoms with Crippen molar-refractivity contribution in [3.05, 3.63) is 34.9 Å². The third kappa shape index (κ3) is 4.04. The van der Waals surface area contributed by atoms with Crippen LogP contribution in [0, 0.1) is 0 Å². The van der Waals surface area contributed by atoms with Crippen molar-refractivity contribution in [1.82, 2.24) is 10.2 Å². The number of fused-ring (bicyclic) bond motifs is 1. The maximum Gasteiger partial charge on any atom is 0.335 e. The summed E-state index contributed by atoms with van der Waals surface area (Å²) in [5, 5.41) is 12.3. The van der Waals surface area contributed by atoms with Gasteiger partial charge in [-0.2, -0.15) is 0 Å². The zero-order chi connectivity index (χ0) is 15.4. The van der Waals surface area contributed by atoms with Gasteiger partial charge in [-0.3, -0.25) is 4.79 Å². The maximum atomic E-state index is 12.2. The lowest BCUT2D eigenvalue weighted by atomic mass is 10.1. The van der Waals surface area contributed by atoms with Gasteiger partial charge in [0.1, 0.15) is 0 Å². The number of carbonyl (C=O) groups is 2. The second-order valence-electron chi connectivity index (χ2n) is 5.75. The highest BCUT2D eigenvalue weighted by atomic mass is 16.4. The second-order valence-corrected chi connectivity index (χ2v) is 5.75. The molecule has 0 atom stereocenters. The normalized spacial score (nSPS) is 13.6. The predicted octanol–water partition coefficient (Wildman–Crippen LogP) is 2.01. The summed E-state index contributed by atoms with van der Waals surface area (Å²) in [6.45, 7) is 6.11. The number of aromatic carboxylic acids is 1. The van der Waals surface area contributed by atoms with Crippen LogP contribution in [0.5, 0.6) is 0 Å². The molecular formula is C16H22N2O3. The zero-order valence-electron chi connectivity index (χ0n) is 12.6. The molecule has 2 N–H and O–H groups in total. The van der Waals surface area contributed by atoms with E-state index >= 15 is 0 Å². The van der Waals surface area contributed by atoms with Gasteiger partial charge in [-0.25, -0.2) is 4.79 Å². The molecule has 5 nitrogen and oxygen atoms in total. The van der Waals surface area contributed by atoms with E-state index in [1.165, 1.54) is 0 Å². The van der Waals surface area contributed by atoms with Gasteiger partial charge in [-0.05, 0) is 36.2 Å². The first kappa shape index (κ1) is 15.5. The number of nitrogens with zero attached hydrogens (tertiary/aromatic N) is 1. The molecule has 0 unspecified atom stereocenters. The van der Waals surface area contributed by atoms with Crippen molar-refractivity contribution < 1.29 is 14.7 Å². The van der Waals surface area contributed by atoms with Gasteiger partial charge < -0.3 is 15.3 Å². The first-order valence-electron chi connectivity index (χ1n) is 7.33. The Morgan fingerprint density at radius 1 is 1.29 bits per heavy atom. The molecule has 2 rings (SSSR count). The first-order chi connectivity index (χ1) is 9.97. The molecule has 1 aromatic carbocycles. The van der Waals surface area contributed by atoms with Crippen molar-refractivity contribution in [2.24, 2.45) is 0 Å². The van der Waals surface area contributed by atoms with E-state index in [0.717, 1.165) is 24.1 Å². The molecular weight excluding hydrogens is 268 g/mol. The van der Waals surface area contributed by atoms with E-state index in [0.29, 0.717) is 25.6 Å². The minimum Gasteiger partial charge on any atom is -0.478 e. The van der Waals surface area contributed by atoms with Crippen molar-refractivity contribution in [3.8, 4) is 0 Å². The number of benzene rings is 1. The minimum absolute atomic E-state index is 0.133. The molecule has 0 bridgehead atoms. The van der Waals surface area contributed by atoms with Gasteiger partial charge in [0.2, 0.25) is 5.91 Å². The smallest absolute Gasteiger partial charge is 0.335 e. The number of carboxylic acid groups (broad SMARTS) is 1. The molecule has 0 radical (unpaired) electrons. The Morgan fingerprint density at radius 2 is 2.00 bits per heavy atom. The van der Waals surface area contributed by atoms with Crippen LogP contribution in [0.15, 0.2) is 18.2 Å². The van der Waals surface area contributed by atoms with Crippen molar-refractivity contribution in [1.29, 1.82) is 0 Å². The highest BCUT2D eigenvalue weighted by Crippen LogP contribution is 2.24. The summed E-state index contributed by atoms with van der Waals surface area (Å²) in [7, 11) is 0. The van der Waals surface area contributed by atoms with E-state index in [2.05, 4.69) is 19.2 Å². The molecule has 0 spiro atoms. The molecule has 0 aromatic heterocycles. The summed E-state index contributed by atoms with van der Waals surface area (Å²) in [5.74, 6) is -0.795. The number of hydrogen-bond acceptors (Lipinski definition) is 3. The van der Waals surface area contributed by atoms with Gasteiger partial charge in [0.25, 0.3) is 0 Å². The third-order valence-electron chi connectivity index (χ3n) is 3.65. The van der Waals surface area contributed by atoms with Crippen LogP contribution in [-0.4, -0.2) is 34.5 Å². The lowest BCUT2D eigenvalue weighted by molar-refractivity contribution is -0.131. The average molecular weight is 290 g/mol. The van der Waals surface area contributed by atoms with Crippen LogP contribution in [-0.2, 0) is 17.9 Å². The number of carbonyl (C=O) groups excluding carboxylic acids is 1. The predicted molar refractivity (Wildman–Crippen MR) is 80.0 cm³/mol. The summed E-state index contributed by atoms with van der Waals surface area (Å²) in [6, 6.07) is 5.52. The molecule has 21 heavy (non-hydrogen) atoms. The lowest BCUT2D eigenvalue weighted by Gasteiger charge is -2.15. The van der Waals surface area contributed by atoms with Crippen LogP contribution < -0.4 is 5.32 Å². The Morgan fingerprint density at radius 3 is 2.67 bits per heavy atom. The Bertz CT molecular complexity index is 540. The van der Waals surface area contributed by atoms with Crippen LogP contribution in [0.1, 0.15) is 48.2 Å². The molecule has 0 aliphatic carbocycles. The molecule has 1 amide bonds. The molecule has 1 aliphatic heterocycles. The van der Waals surface area contributed by atoms with Gasteiger partial charge in [0, 0.05) is 25.6 Å². The van der Waals surface area contributed by atoms with Crippen LogP contribution in [0.25, 0.3) is 0 Å². The number of amides is 1. The van der Waals surface area contributed by atoms with E-state index in [9.17, 15) is 9.59 Å². The summed E-state index contributed by atoms with van der Waals surface area (Å²) in [4.78, 5) is 24.9. The Balaban J connectivity index is 1.87. The van der Waals surface area contributed by atoms with Crippen LogP contribution in [0.2, 0.25) is 0 Å². The van der Waals surface area contributed by atoms with Crippen LogP contribution in [0.4, 0.5) is 0 Å². The average Bonchev–Trinajstić information content (AvgIpc) is 2.85. The monoisotopic (exact) mass is 290 g/mol. The van der Waals surface area contributed by atoms with E-state index in [1.54, 1.807) is 17.0 Å². The quantitative estimate of drug-likeness (QED) is 0.786. The molecule has 114 valence electrons. The summed E-state index contributed by atoms with van der Waals surface area (Å²) in [5.41, 5.74) is 2.28. The number of rotatable bonds is 6. The molecule has 1 heterocycles. The Kier molecular flexibility index (Phi) is 4.96. The van der Waals surface area contributed by atoms with Crippen molar-refractivity contribution >= 4 is 11.9 Å². The Hall–Kier alpha value is -1.88. The Labute approximate surface area is 125 Å².